The molecule has 0 aromatic heterocycles. The maximum Gasteiger partial charge on any atom is 0.166 e. The van der Waals surface area contributed by atoms with Gasteiger partial charge in [-0.2, -0.15) is 0 Å². The molecule has 1 saturated carbocycles. The van der Waals surface area contributed by atoms with Crippen LogP contribution in [0, 0.1) is 0 Å². The fourth-order valence-corrected chi connectivity index (χ4v) is 3.92. The molecule has 28 heavy (non-hydrogen) atoms. The Morgan fingerprint density at radius 1 is 1.11 bits per heavy atom. The summed E-state index contributed by atoms with van der Waals surface area (Å²) in [6.45, 7) is 8.02. The molecule has 1 atom stereocenters. The molecule has 6 nitrogen and oxygen atoms in total. The van der Waals surface area contributed by atoms with Gasteiger partial charge >= 0.3 is 0 Å². The molecule has 1 aliphatic carbocycles. The zero-order valence-corrected chi connectivity index (χ0v) is 18.6. The number of hydrogen-bond donors (Lipinski definition) is 3. The van der Waals surface area contributed by atoms with E-state index >= 15 is 0 Å². The van der Waals surface area contributed by atoms with Gasteiger partial charge in [-0.15, -0.1) is 0 Å². The summed E-state index contributed by atoms with van der Waals surface area (Å²) in [5.74, 6) is 0.311. The lowest BCUT2D eigenvalue weighted by Crippen LogP contribution is -2.58. The minimum absolute atomic E-state index is 0.0488. The summed E-state index contributed by atoms with van der Waals surface area (Å²) in [6.07, 6.45) is 8.23. The average molecular weight is 396 g/mol. The predicted octanol–water partition coefficient (Wildman–Crippen LogP) is 2.54. The first-order valence-electron chi connectivity index (χ1n) is 10.9. The molecule has 0 heterocycles. The third-order valence-corrected chi connectivity index (χ3v) is 6.19. The summed E-state index contributed by atoms with van der Waals surface area (Å²) in [4.78, 5) is 37.2. The maximum absolute atomic E-state index is 12.8. The highest BCUT2D eigenvalue weighted by Crippen LogP contribution is 2.28. The highest BCUT2D eigenvalue weighted by molar-refractivity contribution is 5.92. The molecule has 0 aromatic carbocycles. The average Bonchev–Trinajstić information content (AvgIpc) is 2.68. The van der Waals surface area contributed by atoms with Gasteiger partial charge in [0.05, 0.1) is 23.7 Å². The Morgan fingerprint density at radius 2 is 1.75 bits per heavy atom. The second-order valence-corrected chi connectivity index (χ2v) is 8.73. The van der Waals surface area contributed by atoms with Crippen LogP contribution in [0.15, 0.2) is 0 Å². The highest BCUT2D eigenvalue weighted by atomic mass is 16.1. The summed E-state index contributed by atoms with van der Waals surface area (Å²) in [6, 6.07) is -0.174. The zero-order valence-electron chi connectivity index (χ0n) is 18.6. The third-order valence-electron chi connectivity index (χ3n) is 6.19. The lowest BCUT2D eigenvalue weighted by Gasteiger charge is -2.36. The van der Waals surface area contributed by atoms with Crippen molar-refractivity contribution < 1.29 is 14.4 Å². The van der Waals surface area contributed by atoms with Crippen molar-refractivity contribution in [1.29, 1.82) is 0 Å². The standard InChI is InChI=1S/C22H41N3O3/c1-6-7-11-18(17(2)26)24-15-12-19(27)21(3,4)25-16-20(28)22(23-5)13-9-8-10-14-22/h18,23-25H,6-16H2,1-5H3/t18-/m0/s1. The van der Waals surface area contributed by atoms with E-state index in [-0.39, 0.29) is 29.9 Å². The molecule has 0 saturated heterocycles. The van der Waals surface area contributed by atoms with Crippen LogP contribution in [-0.4, -0.2) is 54.6 Å². The lowest BCUT2D eigenvalue weighted by molar-refractivity contribution is -0.128. The molecule has 0 aliphatic heterocycles. The van der Waals surface area contributed by atoms with Crippen LogP contribution in [0.4, 0.5) is 0 Å². The molecule has 0 amide bonds. The molecule has 1 rings (SSSR count). The number of ketones is 3. The first-order valence-corrected chi connectivity index (χ1v) is 10.9. The Bertz CT molecular complexity index is 525. The Labute approximate surface area is 171 Å². The van der Waals surface area contributed by atoms with Crippen molar-refractivity contribution >= 4 is 17.3 Å². The third kappa shape index (κ3) is 7.37. The quantitative estimate of drug-likeness (QED) is 0.419. The van der Waals surface area contributed by atoms with E-state index in [4.69, 9.17) is 0 Å². The van der Waals surface area contributed by atoms with Crippen molar-refractivity contribution in [3.05, 3.63) is 0 Å². The molecule has 0 spiro atoms. The van der Waals surface area contributed by atoms with E-state index in [1.54, 1.807) is 6.92 Å². The Morgan fingerprint density at radius 3 is 2.29 bits per heavy atom. The number of carbonyl (C=O) groups excluding carboxylic acids is 3. The number of likely N-dealkylation sites (N-methyl/N-ethyl adjacent to an activating group) is 1. The highest BCUT2D eigenvalue weighted by Gasteiger charge is 2.38. The van der Waals surface area contributed by atoms with Gasteiger partial charge in [-0.1, -0.05) is 39.0 Å². The van der Waals surface area contributed by atoms with Crippen LogP contribution >= 0.6 is 0 Å². The predicted molar refractivity (Wildman–Crippen MR) is 114 cm³/mol. The normalized spacial score (nSPS) is 17.9. The molecule has 3 N–H and O–H groups in total. The van der Waals surface area contributed by atoms with Crippen molar-refractivity contribution in [2.45, 2.75) is 103 Å². The van der Waals surface area contributed by atoms with Crippen LogP contribution in [0.25, 0.3) is 0 Å². The van der Waals surface area contributed by atoms with Crippen LogP contribution in [-0.2, 0) is 14.4 Å². The van der Waals surface area contributed by atoms with E-state index in [1.165, 1.54) is 6.42 Å². The minimum atomic E-state index is -0.768. The first-order chi connectivity index (χ1) is 13.2. The number of nitrogens with one attached hydrogen (secondary N) is 3. The van der Waals surface area contributed by atoms with Crippen molar-refractivity contribution in [3.63, 3.8) is 0 Å². The van der Waals surface area contributed by atoms with Crippen LogP contribution in [0.3, 0.4) is 0 Å². The fourth-order valence-electron chi connectivity index (χ4n) is 3.92. The number of unbranched alkanes of at least 4 members (excludes halogenated alkanes) is 1. The lowest BCUT2D eigenvalue weighted by atomic mass is 9.78. The van der Waals surface area contributed by atoms with Crippen molar-refractivity contribution in [1.82, 2.24) is 16.0 Å². The second-order valence-electron chi connectivity index (χ2n) is 8.73. The molecule has 0 bridgehead atoms. The summed E-state index contributed by atoms with van der Waals surface area (Å²) >= 11 is 0. The zero-order chi connectivity index (χ0) is 21.2. The van der Waals surface area contributed by atoms with Crippen LogP contribution in [0.1, 0.15) is 85.5 Å². The van der Waals surface area contributed by atoms with Crippen LogP contribution in [0.2, 0.25) is 0 Å². The van der Waals surface area contributed by atoms with Gasteiger partial charge in [0.15, 0.2) is 11.6 Å². The van der Waals surface area contributed by atoms with Gasteiger partial charge in [-0.05, 0) is 47.1 Å². The van der Waals surface area contributed by atoms with Gasteiger partial charge in [0.2, 0.25) is 0 Å². The number of Topliss-reactive ketones (excluding diaryl/α,β-unsaturated/α-hetero) is 3. The minimum Gasteiger partial charge on any atom is -0.308 e. The molecule has 1 fully saturated rings. The largest absolute Gasteiger partial charge is 0.308 e. The number of hydrogen-bond acceptors (Lipinski definition) is 6. The van der Waals surface area contributed by atoms with Crippen LogP contribution < -0.4 is 16.0 Å². The SMILES string of the molecule is CCCC[C@H](NCCC(=O)C(C)(C)NCC(=O)C1(NC)CCCCC1)C(C)=O. The van der Waals surface area contributed by atoms with Gasteiger partial charge in [0.1, 0.15) is 5.78 Å². The molecule has 1 aliphatic rings. The van der Waals surface area contributed by atoms with Crippen molar-refractivity contribution in [3.8, 4) is 0 Å². The summed E-state index contributed by atoms with van der Waals surface area (Å²) in [7, 11) is 1.86. The van der Waals surface area contributed by atoms with Gasteiger partial charge in [0, 0.05) is 13.0 Å². The summed E-state index contributed by atoms with van der Waals surface area (Å²) in [5.41, 5.74) is -1.21. The first kappa shape index (κ1) is 24.9. The second kappa shape index (κ2) is 11.8. The Hall–Kier alpha value is -1.11. The number of carbonyl (C=O) groups is 3. The maximum atomic E-state index is 12.8. The van der Waals surface area contributed by atoms with Gasteiger partial charge < -0.3 is 10.6 Å². The summed E-state index contributed by atoms with van der Waals surface area (Å²) in [5, 5.41) is 9.63. The molecule has 6 heteroatoms. The van der Waals surface area contributed by atoms with Gasteiger partial charge in [-0.25, -0.2) is 0 Å². The van der Waals surface area contributed by atoms with E-state index in [0.717, 1.165) is 44.9 Å². The van der Waals surface area contributed by atoms with Crippen molar-refractivity contribution in [2.24, 2.45) is 0 Å². The monoisotopic (exact) mass is 395 g/mol. The van der Waals surface area contributed by atoms with E-state index < -0.39 is 11.1 Å². The van der Waals surface area contributed by atoms with Gasteiger partial charge in [0.25, 0.3) is 0 Å². The van der Waals surface area contributed by atoms with Crippen LogP contribution in [0.5, 0.6) is 0 Å². The molecular weight excluding hydrogens is 354 g/mol. The molecule has 0 aromatic rings. The topological polar surface area (TPSA) is 87.3 Å². The van der Waals surface area contributed by atoms with E-state index in [2.05, 4.69) is 22.9 Å². The smallest absolute Gasteiger partial charge is 0.166 e. The van der Waals surface area contributed by atoms with Gasteiger partial charge in [-0.3, -0.25) is 19.7 Å². The van der Waals surface area contributed by atoms with Crippen molar-refractivity contribution in [2.75, 3.05) is 20.1 Å². The molecule has 162 valence electrons. The Balaban J connectivity index is 2.49. The molecular formula is C22H41N3O3. The molecule has 0 unspecified atom stereocenters. The summed E-state index contributed by atoms with van der Waals surface area (Å²) < 4.78 is 0. The van der Waals surface area contributed by atoms with E-state index in [1.807, 2.05) is 20.9 Å². The van der Waals surface area contributed by atoms with E-state index in [0.29, 0.717) is 13.0 Å². The fraction of sp³-hybridized carbons (Fsp3) is 0.864. The molecule has 0 radical (unpaired) electrons. The Kier molecular flexibility index (Phi) is 10.5. The van der Waals surface area contributed by atoms with E-state index in [9.17, 15) is 14.4 Å². The number of rotatable bonds is 14.